The predicted molar refractivity (Wildman–Crippen MR) is 69.8 cm³/mol. The Morgan fingerprint density at radius 3 is 2.72 bits per heavy atom. The van der Waals surface area contributed by atoms with Crippen LogP contribution in [-0.2, 0) is 9.53 Å². The molecule has 0 aliphatic heterocycles. The molecule has 0 unspecified atom stereocenters. The summed E-state index contributed by atoms with van der Waals surface area (Å²) >= 11 is 0. The van der Waals surface area contributed by atoms with Gasteiger partial charge >= 0.3 is 0 Å². The van der Waals surface area contributed by atoms with Crippen molar-refractivity contribution >= 4 is 5.78 Å². The molecular formula is C14H21NO3. The smallest absolute Gasteiger partial charge is 0.213 e. The molecule has 0 radical (unpaired) electrons. The number of hydrogen-bond donors (Lipinski definition) is 0. The highest BCUT2D eigenvalue weighted by Crippen LogP contribution is 2.07. The number of aromatic nitrogens is 1. The molecule has 0 atom stereocenters. The van der Waals surface area contributed by atoms with Crippen LogP contribution in [0.25, 0.3) is 0 Å². The first-order valence-electron chi connectivity index (χ1n) is 6.37. The molecule has 1 heterocycles. The summed E-state index contributed by atoms with van der Waals surface area (Å²) in [6.07, 6.45) is 4.12. The molecule has 1 rings (SSSR count). The number of carbonyl (C=O) groups is 1. The zero-order chi connectivity index (χ0) is 13.2. The normalized spacial score (nSPS) is 10.3. The van der Waals surface area contributed by atoms with Gasteiger partial charge in [0.25, 0.3) is 0 Å². The quantitative estimate of drug-likeness (QED) is 0.633. The molecule has 4 heteroatoms. The summed E-state index contributed by atoms with van der Waals surface area (Å²) in [5.74, 6) is 0.804. The molecular weight excluding hydrogens is 230 g/mol. The van der Waals surface area contributed by atoms with E-state index < -0.39 is 0 Å². The van der Waals surface area contributed by atoms with Crippen LogP contribution in [0.1, 0.15) is 31.7 Å². The molecule has 0 fully saturated rings. The maximum Gasteiger partial charge on any atom is 0.213 e. The molecule has 0 saturated heterocycles. The van der Waals surface area contributed by atoms with Gasteiger partial charge in [-0.25, -0.2) is 4.98 Å². The zero-order valence-corrected chi connectivity index (χ0v) is 11.1. The number of hydrogen-bond acceptors (Lipinski definition) is 4. The highest BCUT2D eigenvalue weighted by Gasteiger charge is 1.98. The average molecular weight is 251 g/mol. The Morgan fingerprint density at radius 1 is 1.28 bits per heavy atom. The van der Waals surface area contributed by atoms with Crippen LogP contribution >= 0.6 is 0 Å². The SMILES string of the molecule is CCC(=O)COCCCCOc1ccc(C)cn1. The lowest BCUT2D eigenvalue weighted by atomic mass is 10.3. The predicted octanol–water partition coefficient (Wildman–Crippen LogP) is 2.54. The summed E-state index contributed by atoms with van der Waals surface area (Å²) in [4.78, 5) is 15.1. The Labute approximate surface area is 108 Å². The van der Waals surface area contributed by atoms with Gasteiger partial charge in [-0.05, 0) is 25.3 Å². The minimum atomic E-state index is 0.148. The van der Waals surface area contributed by atoms with E-state index in [2.05, 4.69) is 4.98 Å². The van der Waals surface area contributed by atoms with Crippen LogP contribution in [0, 0.1) is 6.92 Å². The Balaban J connectivity index is 1.99. The molecule has 0 aliphatic rings. The van der Waals surface area contributed by atoms with Crippen LogP contribution in [0.4, 0.5) is 0 Å². The van der Waals surface area contributed by atoms with Gasteiger partial charge in [0.05, 0.1) is 6.61 Å². The van der Waals surface area contributed by atoms with Crippen molar-refractivity contribution in [3.63, 3.8) is 0 Å². The van der Waals surface area contributed by atoms with Crippen molar-refractivity contribution in [3.05, 3.63) is 23.9 Å². The summed E-state index contributed by atoms with van der Waals surface area (Å²) in [5.41, 5.74) is 1.12. The lowest BCUT2D eigenvalue weighted by Gasteiger charge is -2.05. The highest BCUT2D eigenvalue weighted by atomic mass is 16.5. The summed E-state index contributed by atoms with van der Waals surface area (Å²) in [6, 6.07) is 3.84. The number of nitrogens with zero attached hydrogens (tertiary/aromatic N) is 1. The third kappa shape index (κ3) is 6.35. The van der Waals surface area contributed by atoms with Gasteiger partial charge in [0.1, 0.15) is 6.61 Å². The monoisotopic (exact) mass is 251 g/mol. The third-order valence-corrected chi connectivity index (χ3v) is 2.47. The van der Waals surface area contributed by atoms with Crippen molar-refractivity contribution in [1.82, 2.24) is 4.98 Å². The zero-order valence-electron chi connectivity index (χ0n) is 11.1. The summed E-state index contributed by atoms with van der Waals surface area (Å²) in [5, 5.41) is 0. The maximum absolute atomic E-state index is 11.0. The van der Waals surface area contributed by atoms with Gasteiger partial charge in [-0.3, -0.25) is 4.79 Å². The van der Waals surface area contributed by atoms with E-state index in [0.717, 1.165) is 18.4 Å². The Kier molecular flexibility index (Phi) is 7.03. The van der Waals surface area contributed by atoms with Crippen LogP contribution in [0.2, 0.25) is 0 Å². The second-order valence-electron chi connectivity index (χ2n) is 4.17. The van der Waals surface area contributed by atoms with Gasteiger partial charge in [-0.2, -0.15) is 0 Å². The van der Waals surface area contributed by atoms with E-state index in [0.29, 0.717) is 25.5 Å². The van der Waals surface area contributed by atoms with E-state index in [1.807, 2.05) is 26.0 Å². The van der Waals surface area contributed by atoms with Crippen molar-refractivity contribution in [2.75, 3.05) is 19.8 Å². The van der Waals surface area contributed by atoms with Crippen LogP contribution in [-0.4, -0.2) is 30.6 Å². The molecule has 4 nitrogen and oxygen atoms in total. The Hall–Kier alpha value is -1.42. The number of unbranched alkanes of at least 4 members (excludes halogenated alkanes) is 1. The van der Waals surface area contributed by atoms with E-state index in [1.54, 1.807) is 6.20 Å². The van der Waals surface area contributed by atoms with E-state index in [4.69, 9.17) is 9.47 Å². The Bertz CT molecular complexity index is 349. The van der Waals surface area contributed by atoms with Gasteiger partial charge in [0, 0.05) is 25.3 Å². The second-order valence-corrected chi connectivity index (χ2v) is 4.17. The standard InChI is InChI=1S/C14H21NO3/c1-3-13(16)11-17-8-4-5-9-18-14-7-6-12(2)10-15-14/h6-7,10H,3-5,8-9,11H2,1-2H3. The lowest BCUT2D eigenvalue weighted by molar-refractivity contribution is -0.123. The summed E-state index contributed by atoms with van der Waals surface area (Å²) < 4.78 is 10.7. The van der Waals surface area contributed by atoms with Crippen LogP contribution in [0.3, 0.4) is 0 Å². The number of ether oxygens (including phenoxy) is 2. The number of Topliss-reactive ketones (excluding diaryl/α,β-unsaturated/α-hetero) is 1. The first kappa shape index (κ1) is 14.6. The fourth-order valence-corrected chi connectivity index (χ4v) is 1.31. The summed E-state index contributed by atoms with van der Waals surface area (Å²) in [7, 11) is 0. The van der Waals surface area contributed by atoms with Gasteiger partial charge in [0.2, 0.25) is 5.88 Å². The minimum Gasteiger partial charge on any atom is -0.478 e. The number of carbonyl (C=O) groups excluding carboxylic acids is 1. The van der Waals surface area contributed by atoms with Gasteiger partial charge < -0.3 is 9.47 Å². The number of ketones is 1. The minimum absolute atomic E-state index is 0.148. The molecule has 0 spiro atoms. The molecule has 0 amide bonds. The average Bonchev–Trinajstić information content (AvgIpc) is 2.39. The summed E-state index contributed by atoms with van der Waals surface area (Å²) in [6.45, 7) is 5.30. The third-order valence-electron chi connectivity index (χ3n) is 2.47. The molecule has 1 aromatic heterocycles. The number of aryl methyl sites for hydroxylation is 1. The van der Waals surface area contributed by atoms with Crippen LogP contribution in [0.15, 0.2) is 18.3 Å². The van der Waals surface area contributed by atoms with Crippen molar-refractivity contribution < 1.29 is 14.3 Å². The van der Waals surface area contributed by atoms with Crippen molar-refractivity contribution in [3.8, 4) is 5.88 Å². The molecule has 0 aliphatic carbocycles. The van der Waals surface area contributed by atoms with Crippen LogP contribution in [0.5, 0.6) is 5.88 Å². The lowest BCUT2D eigenvalue weighted by Crippen LogP contribution is -2.08. The highest BCUT2D eigenvalue weighted by molar-refractivity contribution is 5.79. The molecule has 100 valence electrons. The topological polar surface area (TPSA) is 48.4 Å². The van der Waals surface area contributed by atoms with Crippen molar-refractivity contribution in [2.45, 2.75) is 33.1 Å². The first-order valence-corrected chi connectivity index (χ1v) is 6.37. The van der Waals surface area contributed by atoms with E-state index in [9.17, 15) is 4.79 Å². The van der Waals surface area contributed by atoms with E-state index in [1.165, 1.54) is 0 Å². The van der Waals surface area contributed by atoms with Crippen LogP contribution < -0.4 is 4.74 Å². The van der Waals surface area contributed by atoms with Crippen molar-refractivity contribution in [2.24, 2.45) is 0 Å². The van der Waals surface area contributed by atoms with Gasteiger partial charge in [-0.15, -0.1) is 0 Å². The van der Waals surface area contributed by atoms with E-state index in [-0.39, 0.29) is 12.4 Å². The maximum atomic E-state index is 11.0. The molecule has 18 heavy (non-hydrogen) atoms. The fraction of sp³-hybridized carbons (Fsp3) is 0.571. The fourth-order valence-electron chi connectivity index (χ4n) is 1.31. The molecule has 0 bridgehead atoms. The van der Waals surface area contributed by atoms with Gasteiger partial charge in [-0.1, -0.05) is 13.0 Å². The molecule has 0 saturated carbocycles. The first-order chi connectivity index (χ1) is 8.72. The van der Waals surface area contributed by atoms with Crippen molar-refractivity contribution in [1.29, 1.82) is 0 Å². The molecule has 0 aromatic carbocycles. The molecule has 1 aromatic rings. The number of pyridine rings is 1. The molecule has 0 N–H and O–H groups in total. The van der Waals surface area contributed by atoms with E-state index >= 15 is 0 Å². The number of rotatable bonds is 9. The Morgan fingerprint density at radius 2 is 2.06 bits per heavy atom. The largest absolute Gasteiger partial charge is 0.478 e. The second kappa shape index (κ2) is 8.64. The van der Waals surface area contributed by atoms with Gasteiger partial charge in [0.15, 0.2) is 5.78 Å².